The van der Waals surface area contributed by atoms with Crippen molar-refractivity contribution in [2.75, 3.05) is 32.7 Å². The number of benzene rings is 2. The van der Waals surface area contributed by atoms with E-state index in [0.29, 0.717) is 17.6 Å². The van der Waals surface area contributed by atoms with Gasteiger partial charge in [-0.05, 0) is 61.1 Å². The van der Waals surface area contributed by atoms with Gasteiger partial charge < -0.3 is 5.11 Å². The minimum absolute atomic E-state index is 0.0412. The number of hydrazine groups is 1. The van der Waals surface area contributed by atoms with E-state index in [1.165, 1.54) is 19.3 Å². The SMILES string of the molecule is C=CCN1CC2CCC(C1)N2C(c1ccc(C(=O)NN2CCCCC2)cc1)c1cccc(O)c1. The van der Waals surface area contributed by atoms with Crippen molar-refractivity contribution in [3.63, 3.8) is 0 Å². The Morgan fingerprint density at radius 2 is 1.74 bits per heavy atom. The molecule has 1 amide bonds. The number of nitrogens with one attached hydrogen (secondary N) is 1. The molecule has 6 heteroatoms. The van der Waals surface area contributed by atoms with Crippen LogP contribution in [0.1, 0.15) is 59.6 Å². The molecule has 0 aliphatic carbocycles. The molecule has 0 saturated carbocycles. The molecule has 3 aliphatic heterocycles. The number of fused-ring (bicyclic) bond motifs is 2. The zero-order valence-corrected chi connectivity index (χ0v) is 19.9. The first-order valence-electron chi connectivity index (χ1n) is 12.7. The van der Waals surface area contributed by atoms with Crippen LogP contribution < -0.4 is 5.43 Å². The molecule has 0 spiro atoms. The van der Waals surface area contributed by atoms with Gasteiger partial charge in [-0.1, -0.05) is 36.8 Å². The van der Waals surface area contributed by atoms with Crippen molar-refractivity contribution in [3.05, 3.63) is 77.9 Å². The quantitative estimate of drug-likeness (QED) is 0.613. The van der Waals surface area contributed by atoms with Crippen LogP contribution in [-0.2, 0) is 0 Å². The van der Waals surface area contributed by atoms with E-state index in [0.717, 1.165) is 56.7 Å². The summed E-state index contributed by atoms with van der Waals surface area (Å²) in [5.74, 6) is 0.248. The van der Waals surface area contributed by atoms with Gasteiger partial charge >= 0.3 is 0 Å². The highest BCUT2D eigenvalue weighted by atomic mass is 16.3. The van der Waals surface area contributed by atoms with Gasteiger partial charge in [-0.2, -0.15) is 0 Å². The first-order valence-corrected chi connectivity index (χ1v) is 12.7. The van der Waals surface area contributed by atoms with Gasteiger partial charge in [0.15, 0.2) is 0 Å². The maximum atomic E-state index is 12.8. The molecular weight excluding hydrogens is 424 g/mol. The second kappa shape index (κ2) is 10.3. The summed E-state index contributed by atoms with van der Waals surface area (Å²) in [4.78, 5) is 18.0. The Morgan fingerprint density at radius 3 is 2.38 bits per heavy atom. The maximum Gasteiger partial charge on any atom is 0.265 e. The first kappa shape index (κ1) is 23.1. The number of rotatable bonds is 7. The van der Waals surface area contributed by atoms with E-state index in [1.54, 1.807) is 6.07 Å². The summed E-state index contributed by atoms with van der Waals surface area (Å²) >= 11 is 0. The molecule has 2 bridgehead atoms. The van der Waals surface area contributed by atoms with E-state index >= 15 is 0 Å². The second-order valence-electron chi connectivity index (χ2n) is 9.95. The molecule has 2 aromatic carbocycles. The van der Waals surface area contributed by atoms with Crippen molar-refractivity contribution in [1.29, 1.82) is 0 Å². The molecule has 0 aromatic heterocycles. The molecule has 3 heterocycles. The number of piperazine rings is 1. The van der Waals surface area contributed by atoms with E-state index in [9.17, 15) is 9.90 Å². The Morgan fingerprint density at radius 1 is 1.03 bits per heavy atom. The van der Waals surface area contributed by atoms with Gasteiger partial charge in [-0.3, -0.25) is 20.0 Å². The molecule has 2 N–H and O–H groups in total. The Bertz CT molecular complexity index is 988. The Labute approximate surface area is 202 Å². The minimum Gasteiger partial charge on any atom is -0.508 e. The van der Waals surface area contributed by atoms with Crippen LogP contribution in [0.2, 0.25) is 0 Å². The number of nitrogens with zero attached hydrogens (tertiary/aromatic N) is 3. The summed E-state index contributed by atoms with van der Waals surface area (Å²) in [5.41, 5.74) is 6.01. The second-order valence-corrected chi connectivity index (χ2v) is 9.95. The zero-order chi connectivity index (χ0) is 23.5. The van der Waals surface area contributed by atoms with Crippen molar-refractivity contribution >= 4 is 5.91 Å². The van der Waals surface area contributed by atoms with Gasteiger partial charge in [0.25, 0.3) is 5.91 Å². The number of likely N-dealkylation sites (tertiary alicyclic amines) is 1. The average Bonchev–Trinajstić information content (AvgIpc) is 3.09. The van der Waals surface area contributed by atoms with Gasteiger partial charge in [-0.25, -0.2) is 5.01 Å². The topological polar surface area (TPSA) is 59.0 Å². The van der Waals surface area contributed by atoms with Crippen molar-refractivity contribution in [2.24, 2.45) is 0 Å². The van der Waals surface area contributed by atoms with Crippen molar-refractivity contribution in [2.45, 2.75) is 50.2 Å². The number of amides is 1. The van der Waals surface area contributed by atoms with Crippen molar-refractivity contribution < 1.29 is 9.90 Å². The van der Waals surface area contributed by atoms with E-state index < -0.39 is 0 Å². The van der Waals surface area contributed by atoms with E-state index in [1.807, 2.05) is 35.4 Å². The molecular formula is C28H36N4O2. The summed E-state index contributed by atoms with van der Waals surface area (Å²) < 4.78 is 0. The fourth-order valence-electron chi connectivity index (χ4n) is 6.04. The van der Waals surface area contributed by atoms with Crippen LogP contribution in [0.5, 0.6) is 5.75 Å². The molecule has 180 valence electrons. The van der Waals surface area contributed by atoms with Crippen molar-refractivity contribution in [1.82, 2.24) is 20.2 Å². The molecule has 3 atom stereocenters. The third-order valence-corrected chi connectivity index (χ3v) is 7.59. The lowest BCUT2D eigenvalue weighted by Gasteiger charge is -2.45. The Balaban J connectivity index is 1.40. The van der Waals surface area contributed by atoms with E-state index in [2.05, 4.69) is 40.0 Å². The van der Waals surface area contributed by atoms with Gasteiger partial charge in [0.05, 0.1) is 6.04 Å². The van der Waals surface area contributed by atoms with Gasteiger partial charge in [0.1, 0.15) is 5.75 Å². The summed E-state index contributed by atoms with van der Waals surface area (Å²) in [6, 6.07) is 16.7. The lowest BCUT2D eigenvalue weighted by Crippen LogP contribution is -2.54. The maximum absolute atomic E-state index is 12.8. The lowest BCUT2D eigenvalue weighted by molar-refractivity contribution is 0.0499. The number of phenols is 1. The molecule has 3 saturated heterocycles. The molecule has 34 heavy (non-hydrogen) atoms. The number of carbonyl (C=O) groups is 1. The van der Waals surface area contributed by atoms with Crippen LogP contribution >= 0.6 is 0 Å². The van der Waals surface area contributed by atoms with Crippen LogP contribution in [0.25, 0.3) is 0 Å². The molecule has 2 aromatic rings. The summed E-state index contributed by atoms with van der Waals surface area (Å²) in [5, 5.41) is 12.3. The minimum atomic E-state index is -0.0412. The van der Waals surface area contributed by atoms with Crippen LogP contribution in [0.15, 0.2) is 61.2 Å². The van der Waals surface area contributed by atoms with Gasteiger partial charge in [0, 0.05) is 50.4 Å². The Hall–Kier alpha value is -2.67. The summed E-state index contributed by atoms with van der Waals surface area (Å²) in [6.07, 6.45) is 7.87. The molecule has 6 nitrogen and oxygen atoms in total. The average molecular weight is 461 g/mol. The highest BCUT2D eigenvalue weighted by Crippen LogP contribution is 2.41. The lowest BCUT2D eigenvalue weighted by atomic mass is 9.93. The predicted octanol–water partition coefficient (Wildman–Crippen LogP) is 3.95. The van der Waals surface area contributed by atoms with Gasteiger partial charge in [0.2, 0.25) is 0 Å². The molecule has 0 radical (unpaired) electrons. The van der Waals surface area contributed by atoms with Crippen LogP contribution in [0.3, 0.4) is 0 Å². The molecule has 5 rings (SSSR count). The summed E-state index contributed by atoms with van der Waals surface area (Å²) in [6.45, 7) is 8.77. The largest absolute Gasteiger partial charge is 0.508 e. The van der Waals surface area contributed by atoms with Crippen LogP contribution in [-0.4, -0.2) is 70.6 Å². The highest BCUT2D eigenvalue weighted by molar-refractivity contribution is 5.93. The smallest absolute Gasteiger partial charge is 0.265 e. The predicted molar refractivity (Wildman–Crippen MR) is 135 cm³/mol. The summed E-state index contributed by atoms with van der Waals surface area (Å²) in [7, 11) is 0. The van der Waals surface area contributed by atoms with E-state index in [-0.39, 0.29) is 17.7 Å². The standard InChI is InChI=1S/C28H36N4O2/c1-2-15-30-19-24-13-14-25(20-30)32(24)27(23-7-6-8-26(33)18-23)21-9-11-22(12-10-21)28(34)29-31-16-4-3-5-17-31/h2,6-12,18,24-25,27,33H,1,3-5,13-17,19-20H2,(H,29,34). The normalized spacial score (nSPS) is 24.6. The number of hydrogen-bond acceptors (Lipinski definition) is 5. The molecule has 3 fully saturated rings. The highest BCUT2D eigenvalue weighted by Gasteiger charge is 2.43. The number of phenolic OH excluding ortho intramolecular Hbond substituents is 1. The third kappa shape index (κ3) is 4.90. The number of carbonyl (C=O) groups excluding carboxylic acids is 1. The zero-order valence-electron chi connectivity index (χ0n) is 19.9. The fraction of sp³-hybridized carbons (Fsp3) is 0.464. The fourth-order valence-corrected chi connectivity index (χ4v) is 6.04. The number of piperidine rings is 1. The van der Waals surface area contributed by atoms with Crippen LogP contribution in [0, 0.1) is 0 Å². The number of aromatic hydroxyl groups is 1. The monoisotopic (exact) mass is 460 g/mol. The van der Waals surface area contributed by atoms with Gasteiger partial charge in [-0.15, -0.1) is 6.58 Å². The van der Waals surface area contributed by atoms with Crippen molar-refractivity contribution in [3.8, 4) is 5.75 Å². The number of hydrogen-bond donors (Lipinski definition) is 2. The van der Waals surface area contributed by atoms with Crippen LogP contribution in [0.4, 0.5) is 0 Å². The molecule has 3 aliphatic rings. The first-order chi connectivity index (χ1) is 16.6. The Kier molecular flexibility index (Phi) is 6.99. The van der Waals surface area contributed by atoms with E-state index in [4.69, 9.17) is 0 Å². The molecule has 3 unspecified atom stereocenters. The third-order valence-electron chi connectivity index (χ3n) is 7.59.